The van der Waals surface area contributed by atoms with Crippen molar-refractivity contribution in [3.05, 3.63) is 53.9 Å². The van der Waals surface area contributed by atoms with Gasteiger partial charge >= 0.3 is 5.97 Å². The van der Waals surface area contributed by atoms with Crippen LogP contribution >= 0.6 is 0 Å². The van der Waals surface area contributed by atoms with Crippen LogP contribution in [0.5, 0.6) is 0 Å². The lowest BCUT2D eigenvalue weighted by molar-refractivity contribution is 0.0697. The van der Waals surface area contributed by atoms with E-state index in [0.29, 0.717) is 18.1 Å². The second kappa shape index (κ2) is 7.08. The van der Waals surface area contributed by atoms with Crippen LogP contribution in [0.4, 0.5) is 5.95 Å². The van der Waals surface area contributed by atoms with Crippen LogP contribution in [0.15, 0.2) is 42.7 Å². The van der Waals surface area contributed by atoms with E-state index in [1.807, 2.05) is 4.90 Å². The largest absolute Gasteiger partial charge is 0.478 e. The predicted molar refractivity (Wildman–Crippen MR) is 88.1 cm³/mol. The Morgan fingerprint density at radius 2 is 1.92 bits per heavy atom. The highest BCUT2D eigenvalue weighted by molar-refractivity contribution is 5.97. The highest BCUT2D eigenvalue weighted by Gasteiger charge is 2.23. The second-order valence-electron chi connectivity index (χ2n) is 5.69. The molecule has 3 rings (SSSR count). The number of carbonyl (C=O) groups is 2. The summed E-state index contributed by atoms with van der Waals surface area (Å²) in [4.78, 5) is 33.9. The van der Waals surface area contributed by atoms with Gasteiger partial charge in [-0.15, -0.1) is 0 Å². The van der Waals surface area contributed by atoms with E-state index in [9.17, 15) is 9.59 Å². The molecule has 24 heavy (non-hydrogen) atoms. The van der Waals surface area contributed by atoms with Gasteiger partial charge in [0.2, 0.25) is 5.95 Å². The molecule has 2 heterocycles. The Labute approximate surface area is 139 Å². The van der Waals surface area contributed by atoms with Gasteiger partial charge in [0.15, 0.2) is 0 Å². The monoisotopic (exact) mass is 326 g/mol. The van der Waals surface area contributed by atoms with Crippen molar-refractivity contribution in [2.45, 2.75) is 18.9 Å². The molecule has 0 spiro atoms. The molecule has 2 N–H and O–H groups in total. The van der Waals surface area contributed by atoms with Gasteiger partial charge in [-0.3, -0.25) is 4.79 Å². The standard InChI is InChI=1S/C17H18N4O3/c22-15(12-4-1-5-13(10-12)16(23)24)20-14-6-2-9-21(11-14)17-18-7-3-8-19-17/h1,3-5,7-8,10,14H,2,6,9,11H2,(H,20,22)(H,23,24). The topological polar surface area (TPSA) is 95.4 Å². The Hall–Kier alpha value is -2.96. The number of aromatic nitrogens is 2. The number of hydrogen-bond donors (Lipinski definition) is 2. The van der Waals surface area contributed by atoms with E-state index in [4.69, 9.17) is 5.11 Å². The number of nitrogens with zero attached hydrogens (tertiary/aromatic N) is 3. The van der Waals surface area contributed by atoms with Crippen molar-refractivity contribution in [2.24, 2.45) is 0 Å². The number of amides is 1. The predicted octanol–water partition coefficient (Wildman–Crippen LogP) is 1.57. The molecule has 1 aromatic carbocycles. The van der Waals surface area contributed by atoms with Gasteiger partial charge in [-0.25, -0.2) is 14.8 Å². The molecule has 0 radical (unpaired) electrons. The maximum Gasteiger partial charge on any atom is 0.335 e. The van der Waals surface area contributed by atoms with Crippen molar-refractivity contribution < 1.29 is 14.7 Å². The fraction of sp³-hybridized carbons (Fsp3) is 0.294. The van der Waals surface area contributed by atoms with Crippen molar-refractivity contribution in [3.63, 3.8) is 0 Å². The molecular weight excluding hydrogens is 308 g/mol. The minimum absolute atomic E-state index is 0.0245. The number of rotatable bonds is 4. The van der Waals surface area contributed by atoms with Crippen LogP contribution in [0.1, 0.15) is 33.6 Å². The van der Waals surface area contributed by atoms with Crippen LogP contribution in [0, 0.1) is 0 Å². The fourth-order valence-electron chi connectivity index (χ4n) is 2.79. The highest BCUT2D eigenvalue weighted by Crippen LogP contribution is 2.16. The Morgan fingerprint density at radius 3 is 2.67 bits per heavy atom. The van der Waals surface area contributed by atoms with Crippen molar-refractivity contribution in [1.29, 1.82) is 0 Å². The van der Waals surface area contributed by atoms with Gasteiger partial charge in [-0.05, 0) is 37.1 Å². The van der Waals surface area contributed by atoms with Gasteiger partial charge in [0.25, 0.3) is 5.91 Å². The van der Waals surface area contributed by atoms with Crippen LogP contribution in [-0.2, 0) is 0 Å². The van der Waals surface area contributed by atoms with Gasteiger partial charge in [0.1, 0.15) is 0 Å². The number of carboxylic acid groups (broad SMARTS) is 1. The minimum Gasteiger partial charge on any atom is -0.478 e. The Morgan fingerprint density at radius 1 is 1.17 bits per heavy atom. The molecule has 1 aliphatic rings. The number of nitrogens with one attached hydrogen (secondary N) is 1. The summed E-state index contributed by atoms with van der Waals surface area (Å²) in [6.07, 6.45) is 5.19. The molecule has 0 bridgehead atoms. The summed E-state index contributed by atoms with van der Waals surface area (Å²) >= 11 is 0. The second-order valence-corrected chi connectivity index (χ2v) is 5.69. The van der Waals surface area contributed by atoms with Gasteiger partial charge in [-0.1, -0.05) is 6.07 Å². The number of carbonyl (C=O) groups excluding carboxylic acids is 1. The molecule has 124 valence electrons. The maximum atomic E-state index is 12.4. The average molecular weight is 326 g/mol. The van der Waals surface area contributed by atoms with Crippen LogP contribution < -0.4 is 10.2 Å². The normalized spacial score (nSPS) is 17.3. The molecule has 1 aliphatic heterocycles. The molecule has 1 unspecified atom stereocenters. The Balaban J connectivity index is 1.66. The lowest BCUT2D eigenvalue weighted by Crippen LogP contribution is -2.48. The number of hydrogen-bond acceptors (Lipinski definition) is 5. The molecule has 0 saturated carbocycles. The lowest BCUT2D eigenvalue weighted by atomic mass is 10.0. The summed E-state index contributed by atoms with van der Waals surface area (Å²) in [5, 5.41) is 12.0. The van der Waals surface area contributed by atoms with Crippen molar-refractivity contribution >= 4 is 17.8 Å². The summed E-state index contributed by atoms with van der Waals surface area (Å²) in [5.41, 5.74) is 0.452. The van der Waals surface area contributed by atoms with Gasteiger partial charge in [0, 0.05) is 37.1 Å². The van der Waals surface area contributed by atoms with Gasteiger partial charge in [-0.2, -0.15) is 0 Å². The van der Waals surface area contributed by atoms with Crippen molar-refractivity contribution in [3.8, 4) is 0 Å². The van der Waals surface area contributed by atoms with Crippen molar-refractivity contribution in [2.75, 3.05) is 18.0 Å². The van der Waals surface area contributed by atoms with Crippen molar-refractivity contribution in [1.82, 2.24) is 15.3 Å². The Bertz CT molecular complexity index is 736. The molecule has 1 fully saturated rings. The summed E-state index contributed by atoms with van der Waals surface area (Å²) in [6, 6.07) is 7.78. The lowest BCUT2D eigenvalue weighted by Gasteiger charge is -2.33. The van der Waals surface area contributed by atoms with Crippen LogP contribution in [0.3, 0.4) is 0 Å². The Kier molecular flexibility index (Phi) is 4.69. The third-order valence-corrected chi connectivity index (χ3v) is 3.96. The first kappa shape index (κ1) is 15.9. The number of piperidine rings is 1. The van der Waals surface area contributed by atoms with E-state index in [1.54, 1.807) is 30.6 Å². The zero-order chi connectivity index (χ0) is 16.9. The molecule has 0 aliphatic carbocycles. The fourth-order valence-corrected chi connectivity index (χ4v) is 2.79. The van der Waals surface area contributed by atoms with Crippen LogP contribution in [-0.4, -0.2) is 46.1 Å². The SMILES string of the molecule is O=C(O)c1cccc(C(=O)NC2CCCN(c3ncccn3)C2)c1. The third kappa shape index (κ3) is 3.68. The summed E-state index contributed by atoms with van der Waals surface area (Å²) < 4.78 is 0. The summed E-state index contributed by atoms with van der Waals surface area (Å²) in [7, 11) is 0. The maximum absolute atomic E-state index is 12.4. The average Bonchev–Trinajstić information content (AvgIpc) is 2.63. The zero-order valence-corrected chi connectivity index (χ0v) is 13.1. The number of anilines is 1. The minimum atomic E-state index is -1.05. The summed E-state index contributed by atoms with van der Waals surface area (Å²) in [5.74, 6) is -0.655. The van der Waals surface area contributed by atoms with E-state index in [0.717, 1.165) is 19.4 Å². The van der Waals surface area contributed by atoms with Gasteiger partial charge < -0.3 is 15.3 Å². The quantitative estimate of drug-likeness (QED) is 0.885. The molecule has 1 aromatic heterocycles. The number of carboxylic acids is 1. The van der Waals surface area contributed by atoms with Gasteiger partial charge in [0.05, 0.1) is 5.56 Å². The molecule has 2 aromatic rings. The van der Waals surface area contributed by atoms with E-state index >= 15 is 0 Å². The molecule has 1 amide bonds. The molecule has 7 nitrogen and oxygen atoms in total. The summed E-state index contributed by atoms with van der Waals surface area (Å²) in [6.45, 7) is 1.49. The van der Waals surface area contributed by atoms with Crippen LogP contribution in [0.25, 0.3) is 0 Å². The molecular formula is C17H18N4O3. The van der Waals surface area contributed by atoms with E-state index in [2.05, 4.69) is 15.3 Å². The molecule has 1 saturated heterocycles. The number of benzene rings is 1. The van der Waals surface area contributed by atoms with Crippen LogP contribution in [0.2, 0.25) is 0 Å². The number of aromatic carboxylic acids is 1. The van der Waals surface area contributed by atoms with E-state index in [-0.39, 0.29) is 17.5 Å². The van der Waals surface area contributed by atoms with E-state index in [1.165, 1.54) is 12.1 Å². The first-order valence-corrected chi connectivity index (χ1v) is 7.79. The highest BCUT2D eigenvalue weighted by atomic mass is 16.4. The smallest absolute Gasteiger partial charge is 0.335 e. The first-order valence-electron chi connectivity index (χ1n) is 7.79. The molecule has 1 atom stereocenters. The molecule has 7 heteroatoms. The zero-order valence-electron chi connectivity index (χ0n) is 13.1. The van der Waals surface area contributed by atoms with E-state index < -0.39 is 5.97 Å². The third-order valence-electron chi connectivity index (χ3n) is 3.96. The first-order chi connectivity index (χ1) is 11.6.